The van der Waals surface area contributed by atoms with Crippen LogP contribution in [0.2, 0.25) is 0 Å². The predicted molar refractivity (Wildman–Crippen MR) is 36.6 cm³/mol. The molecule has 0 aromatic rings. The van der Waals surface area contributed by atoms with Gasteiger partial charge >= 0.3 is 29.1 Å². The van der Waals surface area contributed by atoms with Gasteiger partial charge in [0.25, 0.3) is 0 Å². The smallest absolute Gasteiger partial charge is 0.542 e. The van der Waals surface area contributed by atoms with Gasteiger partial charge in [-0.15, -0.1) is 0 Å². The minimum Gasteiger partial charge on any atom is -0.542 e. The Kier molecular flexibility index (Phi) is 33.8. The number of carbonyl (C=O) groups is 2. The molecule has 0 aliphatic heterocycles. The molecule has 0 saturated carbocycles. The second-order valence-electron chi connectivity index (χ2n) is 1.57. The molecule has 0 bridgehead atoms. The van der Waals surface area contributed by atoms with Gasteiger partial charge in [-0.25, -0.2) is 0 Å². The first-order chi connectivity index (χ1) is 5.89. The fourth-order valence-electron chi connectivity index (χ4n) is 0. The second kappa shape index (κ2) is 14.9. The fourth-order valence-corrected chi connectivity index (χ4v) is 0. The molecule has 0 heterocycles. The maximum atomic E-state index is 10.5. The van der Waals surface area contributed by atoms with E-state index >= 15 is 0 Å². The van der Waals surface area contributed by atoms with Crippen molar-refractivity contribution in [2.75, 3.05) is 0 Å². The van der Waals surface area contributed by atoms with E-state index in [0.717, 1.165) is 0 Å². The molecule has 0 aliphatic rings. The Bertz CT molecular complexity index is 202. The van der Waals surface area contributed by atoms with E-state index in [1.54, 1.807) is 0 Å². The van der Waals surface area contributed by atoms with Crippen LogP contribution in [0.3, 0.4) is 0 Å². The number of hydrogen-bond acceptors (Lipinski definition) is 4. The van der Waals surface area contributed by atoms with E-state index in [0.29, 0.717) is 0 Å². The van der Waals surface area contributed by atoms with Gasteiger partial charge in [-0.3, -0.25) is 0 Å². The largest absolute Gasteiger partial charge is 2.00 e. The number of carboxylic acid groups (broad SMARTS) is 2. The number of rotatable bonds is 0. The zero-order valence-corrected chi connectivity index (χ0v) is 9.28. The Balaban J connectivity index is -0.0000000240. The number of carboxylic acids is 2. The van der Waals surface area contributed by atoms with Gasteiger partial charge in [-0.1, -0.05) is 0 Å². The Morgan fingerprint density at radius 2 is 0.684 bits per heavy atom. The van der Waals surface area contributed by atoms with Crippen LogP contribution >= 0.6 is 0 Å². The van der Waals surface area contributed by atoms with E-state index in [9.17, 15) is 26.3 Å². The summed E-state index contributed by atoms with van der Waals surface area (Å²) in [4.78, 5) is 17.6. The zero-order chi connectivity index (χ0) is 12.2. The van der Waals surface area contributed by atoms with E-state index < -0.39 is 24.3 Å². The molecule has 19 heavy (non-hydrogen) atoms. The number of carbonyl (C=O) groups excluding carboxylic acids is 2. The number of alkyl halides is 6. The maximum absolute atomic E-state index is 10.5. The van der Waals surface area contributed by atoms with Crippen molar-refractivity contribution in [1.29, 1.82) is 0 Å². The van der Waals surface area contributed by atoms with Gasteiger partial charge in [-0.2, -0.15) is 26.3 Å². The van der Waals surface area contributed by atoms with Gasteiger partial charge in [0, 0.05) is 0 Å². The molecule has 0 spiro atoms. The fraction of sp³-hybridized carbons (Fsp3) is 0.500. The topological polar surface area (TPSA) is 206 Å². The molecule has 0 fully saturated rings. The Morgan fingerprint density at radius 3 is 0.684 bits per heavy atom. The minimum atomic E-state index is -5.19. The number of aliphatic carboxylic acids is 2. The molecule has 0 amide bonds. The molecule has 0 aromatic heterocycles. The molecular formula is C4H8CoF6O8. The van der Waals surface area contributed by atoms with Crippen LogP contribution in [0.4, 0.5) is 26.3 Å². The quantitative estimate of drug-likeness (QED) is 0.391. The third-order valence-corrected chi connectivity index (χ3v) is 0.463. The first-order valence-corrected chi connectivity index (χ1v) is 2.45. The summed E-state index contributed by atoms with van der Waals surface area (Å²) < 4.78 is 63.1. The molecule has 8 N–H and O–H groups in total. The van der Waals surface area contributed by atoms with Crippen LogP contribution in [-0.2, 0) is 26.4 Å². The summed E-state index contributed by atoms with van der Waals surface area (Å²) in [6.45, 7) is 0. The van der Waals surface area contributed by atoms with E-state index in [2.05, 4.69) is 0 Å². The molecule has 8 nitrogen and oxygen atoms in total. The van der Waals surface area contributed by atoms with Crippen molar-refractivity contribution in [2.24, 2.45) is 0 Å². The van der Waals surface area contributed by atoms with E-state index in [1.165, 1.54) is 0 Å². The summed E-state index contributed by atoms with van der Waals surface area (Å²) in [5.41, 5.74) is 0. The average molecular weight is 357 g/mol. The van der Waals surface area contributed by atoms with Crippen molar-refractivity contribution < 1.29 is 84.8 Å². The molecule has 15 heteroatoms. The summed E-state index contributed by atoms with van der Waals surface area (Å²) in [5.74, 6) is -6.01. The molecule has 0 unspecified atom stereocenters. The summed E-state index contributed by atoms with van der Waals surface area (Å²) in [6.07, 6.45) is -10.4. The standard InChI is InChI=1S/2C2HF3O2.Co.4H2O/c2*3-2(4,5)1(6)7;;;;;/h2*(H,6,7);;4*1H2/q;;+2;;;;/p-2. The van der Waals surface area contributed by atoms with Crippen molar-refractivity contribution >= 4 is 11.9 Å². The molecule has 123 valence electrons. The molecule has 0 rings (SSSR count). The van der Waals surface area contributed by atoms with E-state index in [4.69, 9.17) is 19.8 Å². The van der Waals surface area contributed by atoms with Crippen LogP contribution in [0.15, 0.2) is 0 Å². The zero-order valence-electron chi connectivity index (χ0n) is 8.23. The summed E-state index contributed by atoms with van der Waals surface area (Å²) in [6, 6.07) is 0. The predicted octanol–water partition coefficient (Wildman–Crippen LogP) is -4.70. The van der Waals surface area contributed by atoms with Crippen LogP contribution in [0.25, 0.3) is 0 Å². The number of halogens is 6. The maximum Gasteiger partial charge on any atom is 2.00 e. The Labute approximate surface area is 110 Å². The normalized spacial score (nSPS) is 8.32. The van der Waals surface area contributed by atoms with Crippen molar-refractivity contribution in [3.05, 3.63) is 0 Å². The molecule has 0 saturated heterocycles. The third-order valence-electron chi connectivity index (χ3n) is 0.463. The molecule has 0 atom stereocenters. The number of hydrogen-bond donors (Lipinski definition) is 0. The van der Waals surface area contributed by atoms with Gasteiger partial charge in [0.2, 0.25) is 0 Å². The van der Waals surface area contributed by atoms with Crippen LogP contribution in [0, 0.1) is 0 Å². The van der Waals surface area contributed by atoms with E-state index in [-0.39, 0.29) is 38.7 Å². The third kappa shape index (κ3) is 31.6. The monoisotopic (exact) mass is 357 g/mol. The molecular weight excluding hydrogens is 349 g/mol. The average Bonchev–Trinajstić information content (AvgIpc) is 1.83. The van der Waals surface area contributed by atoms with Crippen LogP contribution in [0.1, 0.15) is 0 Å². The summed E-state index contributed by atoms with van der Waals surface area (Å²) in [5, 5.41) is 17.6. The Hall–Kier alpha value is -1.13. The van der Waals surface area contributed by atoms with Crippen LogP contribution < -0.4 is 10.2 Å². The van der Waals surface area contributed by atoms with Crippen molar-refractivity contribution in [3.63, 3.8) is 0 Å². The van der Waals surface area contributed by atoms with Gasteiger partial charge in [0.15, 0.2) is 0 Å². The Morgan fingerprint density at radius 1 is 0.632 bits per heavy atom. The van der Waals surface area contributed by atoms with Crippen molar-refractivity contribution in [2.45, 2.75) is 12.4 Å². The van der Waals surface area contributed by atoms with E-state index in [1.807, 2.05) is 0 Å². The summed E-state index contributed by atoms with van der Waals surface area (Å²) in [7, 11) is 0. The molecule has 0 aliphatic carbocycles. The van der Waals surface area contributed by atoms with Gasteiger partial charge < -0.3 is 41.7 Å². The van der Waals surface area contributed by atoms with Crippen molar-refractivity contribution in [1.82, 2.24) is 0 Å². The van der Waals surface area contributed by atoms with Gasteiger partial charge in [0.05, 0.1) is 0 Å². The summed E-state index contributed by atoms with van der Waals surface area (Å²) >= 11 is 0. The minimum absolute atomic E-state index is 0. The van der Waals surface area contributed by atoms with Gasteiger partial charge in [0.1, 0.15) is 11.9 Å². The second-order valence-corrected chi connectivity index (χ2v) is 1.57. The van der Waals surface area contributed by atoms with Gasteiger partial charge in [-0.05, 0) is 0 Å². The first-order valence-electron chi connectivity index (χ1n) is 2.45. The van der Waals surface area contributed by atoms with Crippen molar-refractivity contribution in [3.8, 4) is 0 Å². The van der Waals surface area contributed by atoms with Crippen LogP contribution in [0.5, 0.6) is 0 Å². The van der Waals surface area contributed by atoms with Crippen LogP contribution in [-0.4, -0.2) is 46.2 Å². The SMILES string of the molecule is O.O.O.O.O=C([O-])C(F)(F)F.O=C([O-])C(F)(F)F.[Co+2]. The molecule has 1 radical (unpaired) electrons. The molecule has 0 aromatic carbocycles. The first kappa shape index (κ1) is 43.0.